The number of carbonyl (C=O) groups excluding carboxylic acids is 2. The van der Waals surface area contributed by atoms with Crippen molar-refractivity contribution in [2.45, 2.75) is 44.4 Å². The van der Waals surface area contributed by atoms with Gasteiger partial charge < -0.3 is 15.1 Å². The quantitative estimate of drug-likeness (QED) is 0.371. The molecule has 0 saturated carbocycles. The molecule has 7 nitrogen and oxygen atoms in total. The van der Waals surface area contributed by atoms with E-state index in [1.54, 1.807) is 11.0 Å². The monoisotopic (exact) mass is 479 g/mol. The van der Waals surface area contributed by atoms with Gasteiger partial charge in [0.25, 0.3) is 5.91 Å². The summed E-state index contributed by atoms with van der Waals surface area (Å²) in [5.41, 5.74) is 0.464. The van der Waals surface area contributed by atoms with Gasteiger partial charge in [0.1, 0.15) is 16.8 Å². The number of thioether (sulfide) groups is 1. The molecule has 1 saturated heterocycles. The Balaban J connectivity index is 1.63. The number of aromatic nitrogens is 2. The molecule has 0 radical (unpaired) electrons. The molecule has 2 unspecified atom stereocenters. The Labute approximate surface area is 196 Å². The fraction of sp³-hybridized carbons (Fsp3) is 0.455. The predicted molar refractivity (Wildman–Crippen MR) is 125 cm³/mol. The molecule has 172 valence electrons. The molecule has 3 rings (SSSR count). The summed E-state index contributed by atoms with van der Waals surface area (Å²) in [5.74, 6) is 0.305. The highest BCUT2D eigenvalue weighted by molar-refractivity contribution is 7.99. The summed E-state index contributed by atoms with van der Waals surface area (Å²) in [5, 5.41) is 3.65. The van der Waals surface area contributed by atoms with Gasteiger partial charge >= 0.3 is 0 Å². The average molecular weight is 480 g/mol. The Kier molecular flexibility index (Phi) is 8.31. The van der Waals surface area contributed by atoms with Gasteiger partial charge in [-0.3, -0.25) is 9.59 Å². The molecular weight excluding hydrogens is 453 g/mol. The van der Waals surface area contributed by atoms with Crippen LogP contribution in [0.5, 0.6) is 0 Å². The molecule has 1 aromatic carbocycles. The summed E-state index contributed by atoms with van der Waals surface area (Å²) < 4.78 is 13.2. The predicted octanol–water partition coefficient (Wildman–Crippen LogP) is 3.63. The molecular formula is C22H27ClFN5O2S. The minimum absolute atomic E-state index is 0.0731. The van der Waals surface area contributed by atoms with E-state index < -0.39 is 0 Å². The van der Waals surface area contributed by atoms with Gasteiger partial charge in [0.2, 0.25) is 5.91 Å². The molecule has 1 N–H and O–H groups in total. The van der Waals surface area contributed by atoms with E-state index >= 15 is 0 Å². The first-order valence-corrected chi connectivity index (χ1v) is 11.9. The van der Waals surface area contributed by atoms with Gasteiger partial charge in [-0.2, -0.15) is 0 Å². The van der Waals surface area contributed by atoms with E-state index in [1.807, 2.05) is 20.8 Å². The molecule has 0 spiro atoms. The first-order valence-electron chi connectivity index (χ1n) is 10.5. The van der Waals surface area contributed by atoms with E-state index in [2.05, 4.69) is 20.2 Å². The zero-order chi connectivity index (χ0) is 23.3. The van der Waals surface area contributed by atoms with Crippen molar-refractivity contribution in [2.24, 2.45) is 0 Å². The minimum atomic E-state index is -0.369. The molecule has 2 atom stereocenters. The van der Waals surface area contributed by atoms with Crippen LogP contribution in [-0.4, -0.2) is 64.2 Å². The number of amides is 2. The number of rotatable bonds is 7. The van der Waals surface area contributed by atoms with Crippen molar-refractivity contribution < 1.29 is 14.0 Å². The fourth-order valence-electron chi connectivity index (χ4n) is 3.39. The second-order valence-corrected chi connectivity index (χ2v) is 9.13. The molecule has 0 bridgehead atoms. The average Bonchev–Trinajstić information content (AvgIpc) is 2.77. The van der Waals surface area contributed by atoms with Crippen molar-refractivity contribution in [1.29, 1.82) is 0 Å². The molecule has 2 amide bonds. The summed E-state index contributed by atoms with van der Waals surface area (Å²) in [6.45, 7) is 7.57. The van der Waals surface area contributed by atoms with E-state index in [4.69, 9.17) is 11.6 Å². The smallest absolute Gasteiger partial charge is 0.254 e. The van der Waals surface area contributed by atoms with E-state index in [-0.39, 0.29) is 35.5 Å². The van der Waals surface area contributed by atoms with Crippen molar-refractivity contribution in [3.63, 3.8) is 0 Å². The molecule has 32 heavy (non-hydrogen) atoms. The largest absolute Gasteiger partial charge is 0.353 e. The first kappa shape index (κ1) is 24.3. The van der Waals surface area contributed by atoms with Crippen LogP contribution in [0.15, 0.2) is 35.5 Å². The lowest BCUT2D eigenvalue weighted by atomic mass is 10.1. The van der Waals surface area contributed by atoms with Crippen LogP contribution in [0.4, 0.5) is 10.2 Å². The Morgan fingerprint density at radius 1 is 1.28 bits per heavy atom. The standard InChI is InChI=1S/C22H27ClFN5O2S/c1-4-14(2)25-20(30)13-32-22-26-18(23)11-19(27-22)28-9-10-29(15(3)12-28)21(31)16-5-7-17(24)8-6-16/h5-8,11,14-15H,4,9-10,12-13H2,1-3H3,(H,25,30). The molecule has 2 aromatic rings. The Morgan fingerprint density at radius 2 is 2.00 bits per heavy atom. The molecule has 1 aliphatic rings. The second-order valence-electron chi connectivity index (χ2n) is 7.80. The maximum atomic E-state index is 13.2. The first-order chi connectivity index (χ1) is 15.3. The number of hydrogen-bond acceptors (Lipinski definition) is 6. The molecule has 0 aliphatic carbocycles. The Hall–Kier alpha value is -2.39. The van der Waals surface area contributed by atoms with Crippen LogP contribution in [0.2, 0.25) is 5.15 Å². The fourth-order valence-corrected chi connectivity index (χ4v) is 4.28. The lowest BCUT2D eigenvalue weighted by molar-refractivity contribution is -0.119. The highest BCUT2D eigenvalue weighted by Crippen LogP contribution is 2.24. The van der Waals surface area contributed by atoms with Crippen molar-refractivity contribution >= 4 is 41.0 Å². The van der Waals surface area contributed by atoms with Gasteiger partial charge in [-0.1, -0.05) is 30.3 Å². The maximum Gasteiger partial charge on any atom is 0.254 e. The molecule has 1 aromatic heterocycles. The van der Waals surface area contributed by atoms with E-state index in [0.29, 0.717) is 41.3 Å². The van der Waals surface area contributed by atoms with Gasteiger partial charge in [-0.05, 0) is 44.5 Å². The van der Waals surface area contributed by atoms with Gasteiger partial charge in [-0.25, -0.2) is 14.4 Å². The van der Waals surface area contributed by atoms with Gasteiger partial charge in [0.15, 0.2) is 5.16 Å². The number of carbonyl (C=O) groups is 2. The number of nitrogens with one attached hydrogen (secondary N) is 1. The summed E-state index contributed by atoms with van der Waals surface area (Å²) in [7, 11) is 0. The van der Waals surface area contributed by atoms with Crippen LogP contribution in [0, 0.1) is 5.82 Å². The third kappa shape index (κ3) is 6.32. The van der Waals surface area contributed by atoms with E-state index in [9.17, 15) is 14.0 Å². The van der Waals surface area contributed by atoms with Crippen LogP contribution < -0.4 is 10.2 Å². The van der Waals surface area contributed by atoms with Crippen LogP contribution in [0.3, 0.4) is 0 Å². The lowest BCUT2D eigenvalue weighted by Gasteiger charge is -2.40. The SMILES string of the molecule is CCC(C)NC(=O)CSc1nc(Cl)cc(N2CCN(C(=O)c3ccc(F)cc3)C(C)C2)n1. The summed E-state index contributed by atoms with van der Waals surface area (Å²) in [4.78, 5) is 37.5. The topological polar surface area (TPSA) is 78.4 Å². The maximum absolute atomic E-state index is 13.2. The van der Waals surface area contributed by atoms with Crippen LogP contribution >= 0.6 is 23.4 Å². The van der Waals surface area contributed by atoms with E-state index in [0.717, 1.165) is 6.42 Å². The summed E-state index contributed by atoms with van der Waals surface area (Å²) in [6.07, 6.45) is 0.863. The van der Waals surface area contributed by atoms with Crippen molar-refractivity contribution in [3.05, 3.63) is 46.9 Å². The molecule has 10 heteroatoms. The van der Waals surface area contributed by atoms with Crippen molar-refractivity contribution in [1.82, 2.24) is 20.2 Å². The molecule has 1 aliphatic heterocycles. The Bertz CT molecular complexity index is 962. The second kappa shape index (κ2) is 11.0. The zero-order valence-electron chi connectivity index (χ0n) is 18.3. The van der Waals surface area contributed by atoms with E-state index in [1.165, 1.54) is 36.0 Å². The molecule has 2 heterocycles. The van der Waals surface area contributed by atoms with Crippen molar-refractivity contribution in [3.8, 4) is 0 Å². The van der Waals surface area contributed by atoms with Gasteiger partial charge in [0.05, 0.1) is 5.75 Å². The van der Waals surface area contributed by atoms with Crippen molar-refractivity contribution in [2.75, 3.05) is 30.3 Å². The lowest BCUT2D eigenvalue weighted by Crippen LogP contribution is -2.54. The third-order valence-electron chi connectivity index (χ3n) is 5.32. The Morgan fingerprint density at radius 3 is 2.66 bits per heavy atom. The minimum Gasteiger partial charge on any atom is -0.353 e. The summed E-state index contributed by atoms with van der Waals surface area (Å²) >= 11 is 7.45. The number of piperazine rings is 1. The number of nitrogens with zero attached hydrogens (tertiary/aromatic N) is 4. The van der Waals surface area contributed by atoms with Crippen LogP contribution in [-0.2, 0) is 4.79 Å². The van der Waals surface area contributed by atoms with Crippen LogP contribution in [0.25, 0.3) is 0 Å². The van der Waals surface area contributed by atoms with Crippen LogP contribution in [0.1, 0.15) is 37.6 Å². The number of hydrogen-bond donors (Lipinski definition) is 1. The normalized spacial score (nSPS) is 17.2. The number of halogens is 2. The highest BCUT2D eigenvalue weighted by Gasteiger charge is 2.29. The third-order valence-corrected chi connectivity index (χ3v) is 6.36. The van der Waals surface area contributed by atoms with Gasteiger partial charge in [-0.15, -0.1) is 0 Å². The zero-order valence-corrected chi connectivity index (χ0v) is 19.9. The molecule has 1 fully saturated rings. The van der Waals surface area contributed by atoms with Gasteiger partial charge in [0, 0.05) is 43.3 Å². The number of benzene rings is 1. The highest BCUT2D eigenvalue weighted by atomic mass is 35.5. The summed E-state index contributed by atoms with van der Waals surface area (Å²) in [6, 6.07) is 7.32. The number of anilines is 1.